The van der Waals surface area contributed by atoms with E-state index < -0.39 is 16.8 Å². The number of hydrogen-bond donors (Lipinski definition) is 1. The second-order valence-electron chi connectivity index (χ2n) is 4.90. The summed E-state index contributed by atoms with van der Waals surface area (Å²) in [7, 11) is 1.39. The zero-order valence-electron chi connectivity index (χ0n) is 13.6. The molecule has 1 amide bonds. The number of nitro benzene ring substituents is 1. The van der Waals surface area contributed by atoms with Crippen LogP contribution in [-0.2, 0) is 4.74 Å². The average Bonchev–Trinajstić information content (AvgIpc) is 2.61. The zero-order chi connectivity index (χ0) is 18.4. The van der Waals surface area contributed by atoms with Gasteiger partial charge in [0.2, 0.25) is 0 Å². The molecule has 2 aromatic carbocycles. The first kappa shape index (κ1) is 17.9. The third-order valence-corrected chi connectivity index (χ3v) is 3.27. The maximum absolute atomic E-state index is 12.2. The number of carbonyl (C=O) groups is 2. The van der Waals surface area contributed by atoms with Crippen molar-refractivity contribution in [2.45, 2.75) is 6.92 Å². The highest BCUT2D eigenvalue weighted by Gasteiger charge is 2.16. The monoisotopic (exact) mass is 344 g/mol. The number of non-ortho nitro benzene ring substituents is 1. The third-order valence-electron chi connectivity index (χ3n) is 3.27. The standard InChI is InChI=1S/C17H16N2O6/c1-3-25-17(21)14-8-7-12(10-15(14)24-2)18-16(20)11-5-4-6-13(9-11)19(22)23/h4-10H,3H2,1-2H3,(H,18,20). The van der Waals surface area contributed by atoms with Gasteiger partial charge in [-0.1, -0.05) is 6.07 Å². The predicted molar refractivity (Wildman–Crippen MR) is 90.0 cm³/mol. The summed E-state index contributed by atoms with van der Waals surface area (Å²) in [6.45, 7) is 1.92. The lowest BCUT2D eigenvalue weighted by molar-refractivity contribution is -0.384. The van der Waals surface area contributed by atoms with Crippen molar-refractivity contribution < 1.29 is 24.0 Å². The Morgan fingerprint density at radius 1 is 1.20 bits per heavy atom. The van der Waals surface area contributed by atoms with E-state index in [0.717, 1.165) is 0 Å². The first-order chi connectivity index (χ1) is 12.0. The van der Waals surface area contributed by atoms with Gasteiger partial charge >= 0.3 is 5.97 Å². The van der Waals surface area contributed by atoms with Crippen molar-refractivity contribution in [3.05, 3.63) is 63.7 Å². The van der Waals surface area contributed by atoms with Crippen LogP contribution in [0.4, 0.5) is 11.4 Å². The normalized spacial score (nSPS) is 10.0. The molecule has 0 heterocycles. The lowest BCUT2D eigenvalue weighted by Gasteiger charge is -2.11. The van der Waals surface area contributed by atoms with E-state index in [-0.39, 0.29) is 29.2 Å². The highest BCUT2D eigenvalue weighted by molar-refractivity contribution is 6.05. The minimum Gasteiger partial charge on any atom is -0.496 e. The van der Waals surface area contributed by atoms with E-state index in [1.54, 1.807) is 6.92 Å². The summed E-state index contributed by atoms with van der Waals surface area (Å²) >= 11 is 0. The van der Waals surface area contributed by atoms with Crippen molar-refractivity contribution >= 4 is 23.3 Å². The molecule has 0 saturated heterocycles. The molecule has 130 valence electrons. The average molecular weight is 344 g/mol. The van der Waals surface area contributed by atoms with Gasteiger partial charge in [-0.05, 0) is 25.1 Å². The van der Waals surface area contributed by atoms with Gasteiger partial charge in [-0.3, -0.25) is 14.9 Å². The second kappa shape index (κ2) is 7.91. The summed E-state index contributed by atoms with van der Waals surface area (Å²) < 4.78 is 10.1. The van der Waals surface area contributed by atoms with Crippen molar-refractivity contribution in [1.82, 2.24) is 0 Å². The minimum atomic E-state index is -0.575. The van der Waals surface area contributed by atoms with Gasteiger partial charge in [0.05, 0.1) is 18.6 Å². The Bertz CT molecular complexity index is 819. The summed E-state index contributed by atoms with van der Waals surface area (Å²) in [5, 5.41) is 13.4. The Hall–Kier alpha value is -3.42. The fourth-order valence-corrected chi connectivity index (χ4v) is 2.11. The molecule has 25 heavy (non-hydrogen) atoms. The Morgan fingerprint density at radius 2 is 1.96 bits per heavy atom. The minimum absolute atomic E-state index is 0.141. The zero-order valence-corrected chi connectivity index (χ0v) is 13.6. The Balaban J connectivity index is 2.22. The SMILES string of the molecule is CCOC(=O)c1ccc(NC(=O)c2cccc([N+](=O)[O-])c2)cc1OC. The molecular formula is C17H16N2O6. The van der Waals surface area contributed by atoms with Crippen LogP contribution in [0, 0.1) is 10.1 Å². The molecule has 0 aliphatic heterocycles. The van der Waals surface area contributed by atoms with Crippen LogP contribution in [0.5, 0.6) is 5.75 Å². The van der Waals surface area contributed by atoms with Crippen LogP contribution in [-0.4, -0.2) is 30.5 Å². The molecule has 8 heteroatoms. The van der Waals surface area contributed by atoms with E-state index in [0.29, 0.717) is 5.69 Å². The van der Waals surface area contributed by atoms with Gasteiger partial charge in [0.1, 0.15) is 11.3 Å². The Kier molecular flexibility index (Phi) is 5.67. The number of methoxy groups -OCH3 is 1. The number of esters is 1. The van der Waals surface area contributed by atoms with E-state index in [2.05, 4.69) is 5.32 Å². The topological polar surface area (TPSA) is 108 Å². The maximum Gasteiger partial charge on any atom is 0.341 e. The van der Waals surface area contributed by atoms with Crippen LogP contribution < -0.4 is 10.1 Å². The molecule has 0 spiro atoms. The van der Waals surface area contributed by atoms with E-state index in [4.69, 9.17) is 9.47 Å². The van der Waals surface area contributed by atoms with Crippen LogP contribution in [0.3, 0.4) is 0 Å². The van der Waals surface area contributed by atoms with Gasteiger partial charge in [-0.2, -0.15) is 0 Å². The number of rotatable bonds is 6. The number of amides is 1. The predicted octanol–water partition coefficient (Wildman–Crippen LogP) is 3.03. The largest absolute Gasteiger partial charge is 0.496 e. The van der Waals surface area contributed by atoms with E-state index in [9.17, 15) is 19.7 Å². The van der Waals surface area contributed by atoms with E-state index in [1.165, 1.54) is 49.6 Å². The quantitative estimate of drug-likeness (QED) is 0.490. The van der Waals surface area contributed by atoms with Gasteiger partial charge in [0.25, 0.3) is 11.6 Å². The van der Waals surface area contributed by atoms with Crippen molar-refractivity contribution in [1.29, 1.82) is 0 Å². The molecule has 0 aliphatic rings. The van der Waals surface area contributed by atoms with Crippen LogP contribution in [0.1, 0.15) is 27.6 Å². The Morgan fingerprint density at radius 3 is 2.60 bits per heavy atom. The number of benzene rings is 2. The molecule has 0 atom stereocenters. The molecular weight excluding hydrogens is 328 g/mol. The molecule has 0 fully saturated rings. The summed E-state index contributed by atoms with van der Waals surface area (Å²) in [6.07, 6.45) is 0. The highest BCUT2D eigenvalue weighted by atomic mass is 16.6. The van der Waals surface area contributed by atoms with Crippen molar-refractivity contribution in [3.8, 4) is 5.75 Å². The summed E-state index contributed by atoms with van der Waals surface area (Å²) in [5.74, 6) is -0.805. The Labute approximate surface area is 143 Å². The number of nitro groups is 1. The molecule has 0 saturated carbocycles. The molecule has 0 aliphatic carbocycles. The number of anilines is 1. The highest BCUT2D eigenvalue weighted by Crippen LogP contribution is 2.24. The van der Waals surface area contributed by atoms with Crippen molar-refractivity contribution in [3.63, 3.8) is 0 Å². The van der Waals surface area contributed by atoms with Crippen molar-refractivity contribution in [2.75, 3.05) is 19.0 Å². The van der Waals surface area contributed by atoms with Crippen LogP contribution in [0.25, 0.3) is 0 Å². The molecule has 2 rings (SSSR count). The van der Waals surface area contributed by atoms with Gasteiger partial charge in [0, 0.05) is 29.4 Å². The van der Waals surface area contributed by atoms with Crippen LogP contribution in [0.15, 0.2) is 42.5 Å². The molecule has 0 unspecified atom stereocenters. The lowest BCUT2D eigenvalue weighted by Crippen LogP contribution is -2.13. The second-order valence-corrected chi connectivity index (χ2v) is 4.90. The number of nitrogens with one attached hydrogen (secondary N) is 1. The van der Waals surface area contributed by atoms with Gasteiger partial charge < -0.3 is 14.8 Å². The number of ether oxygens (including phenoxy) is 2. The molecule has 0 radical (unpaired) electrons. The van der Waals surface area contributed by atoms with Crippen molar-refractivity contribution in [2.24, 2.45) is 0 Å². The van der Waals surface area contributed by atoms with Crippen LogP contribution >= 0.6 is 0 Å². The third kappa shape index (κ3) is 4.31. The molecule has 2 aromatic rings. The molecule has 1 N–H and O–H groups in total. The number of nitrogens with zero attached hydrogens (tertiary/aromatic N) is 1. The summed E-state index contributed by atoms with van der Waals surface area (Å²) in [6, 6.07) is 9.84. The fraction of sp³-hybridized carbons (Fsp3) is 0.176. The smallest absolute Gasteiger partial charge is 0.341 e. The van der Waals surface area contributed by atoms with E-state index in [1.807, 2.05) is 0 Å². The van der Waals surface area contributed by atoms with Gasteiger partial charge in [-0.25, -0.2) is 4.79 Å². The lowest BCUT2D eigenvalue weighted by atomic mass is 10.1. The first-order valence-electron chi connectivity index (χ1n) is 7.37. The van der Waals surface area contributed by atoms with E-state index >= 15 is 0 Å². The van der Waals surface area contributed by atoms with Gasteiger partial charge in [0.15, 0.2) is 0 Å². The van der Waals surface area contributed by atoms with Gasteiger partial charge in [-0.15, -0.1) is 0 Å². The summed E-state index contributed by atoms with van der Waals surface area (Å²) in [5.41, 5.74) is 0.574. The maximum atomic E-state index is 12.2. The fourth-order valence-electron chi connectivity index (χ4n) is 2.11. The number of hydrogen-bond acceptors (Lipinski definition) is 6. The molecule has 0 aromatic heterocycles. The van der Waals surface area contributed by atoms with Crippen LogP contribution in [0.2, 0.25) is 0 Å². The number of carbonyl (C=O) groups excluding carboxylic acids is 2. The molecule has 8 nitrogen and oxygen atoms in total. The first-order valence-corrected chi connectivity index (χ1v) is 7.37. The summed E-state index contributed by atoms with van der Waals surface area (Å²) in [4.78, 5) is 34.3. The molecule has 0 bridgehead atoms.